The van der Waals surface area contributed by atoms with Crippen LogP contribution in [0.5, 0.6) is 0 Å². The van der Waals surface area contributed by atoms with Crippen LogP contribution in [0, 0.1) is 9.49 Å². The third-order valence-electron chi connectivity index (χ3n) is 3.03. The molecule has 0 spiro atoms. The maximum absolute atomic E-state index is 12.2. The third kappa shape index (κ3) is 2.86. The van der Waals surface area contributed by atoms with Crippen molar-refractivity contribution in [1.29, 1.82) is 0 Å². The number of hydrogen-bond acceptors (Lipinski definition) is 2. The average molecular weight is 343 g/mol. The smallest absolute Gasteiger partial charge is 0.253 e. The normalized spacial score (nSPS) is 20.5. The van der Waals surface area contributed by atoms with Gasteiger partial charge in [-0.3, -0.25) is 9.59 Å². The van der Waals surface area contributed by atoms with E-state index in [1.54, 1.807) is 4.90 Å². The molecule has 1 aromatic carbocycles. The van der Waals surface area contributed by atoms with Crippen molar-refractivity contribution in [1.82, 2.24) is 4.90 Å². The second-order valence-electron chi connectivity index (χ2n) is 4.38. The van der Waals surface area contributed by atoms with E-state index >= 15 is 0 Å². The molecule has 1 aliphatic rings. The fraction of sp³-hybridized carbons (Fsp3) is 0.385. The first-order valence-electron chi connectivity index (χ1n) is 5.65. The van der Waals surface area contributed by atoms with E-state index in [-0.39, 0.29) is 17.6 Å². The van der Waals surface area contributed by atoms with Crippen molar-refractivity contribution in [2.45, 2.75) is 13.3 Å². The summed E-state index contributed by atoms with van der Waals surface area (Å²) in [5.74, 6) is 0.259. The number of likely N-dealkylation sites (tertiary alicyclic amines) is 1. The Morgan fingerprint density at radius 2 is 2.24 bits per heavy atom. The van der Waals surface area contributed by atoms with Crippen molar-refractivity contribution < 1.29 is 9.59 Å². The Kier molecular flexibility index (Phi) is 3.81. The summed E-state index contributed by atoms with van der Waals surface area (Å²) in [6.07, 6.45) is 0.483. The fourth-order valence-corrected chi connectivity index (χ4v) is 2.55. The molecule has 1 fully saturated rings. The average Bonchev–Trinajstić information content (AvgIpc) is 2.32. The van der Waals surface area contributed by atoms with E-state index in [0.717, 1.165) is 3.57 Å². The first-order valence-corrected chi connectivity index (χ1v) is 6.73. The molecule has 2 rings (SSSR count). The number of carbonyl (C=O) groups excluding carboxylic acids is 2. The molecular formula is C13H14INO2. The summed E-state index contributed by atoms with van der Waals surface area (Å²) < 4.78 is 1.05. The molecule has 1 atom stereocenters. The summed E-state index contributed by atoms with van der Waals surface area (Å²) in [4.78, 5) is 25.4. The molecule has 1 aliphatic heterocycles. The third-order valence-corrected chi connectivity index (χ3v) is 3.70. The first kappa shape index (κ1) is 12.5. The highest BCUT2D eigenvalue weighted by atomic mass is 127. The summed E-state index contributed by atoms with van der Waals surface area (Å²) in [7, 11) is 0. The zero-order valence-corrected chi connectivity index (χ0v) is 11.8. The second-order valence-corrected chi connectivity index (χ2v) is 5.62. The standard InChI is InChI=1S/C13H14INO2/c1-9-8-15(6-5-12(9)16)13(17)10-3-2-4-11(14)7-10/h2-4,7,9H,5-6,8H2,1H3. The topological polar surface area (TPSA) is 37.4 Å². The van der Waals surface area contributed by atoms with Crippen LogP contribution in [0.1, 0.15) is 23.7 Å². The summed E-state index contributed by atoms with van der Waals surface area (Å²) in [6, 6.07) is 7.54. The SMILES string of the molecule is CC1CN(C(=O)c2cccc(I)c2)CCC1=O. The molecule has 0 aliphatic carbocycles. The van der Waals surface area contributed by atoms with Crippen molar-refractivity contribution in [3.8, 4) is 0 Å². The molecule has 1 saturated heterocycles. The predicted octanol–water partition coefficient (Wildman–Crippen LogP) is 2.34. The Balaban J connectivity index is 2.13. The molecule has 0 radical (unpaired) electrons. The molecule has 0 aromatic heterocycles. The lowest BCUT2D eigenvalue weighted by Crippen LogP contribution is -2.43. The number of hydrogen-bond donors (Lipinski definition) is 0. The summed E-state index contributed by atoms with van der Waals surface area (Å²) in [5.41, 5.74) is 0.707. The Morgan fingerprint density at radius 3 is 2.88 bits per heavy atom. The highest BCUT2D eigenvalue weighted by molar-refractivity contribution is 14.1. The minimum Gasteiger partial charge on any atom is -0.337 e. The zero-order chi connectivity index (χ0) is 12.4. The van der Waals surface area contributed by atoms with Gasteiger partial charge in [0.25, 0.3) is 5.91 Å². The first-order chi connectivity index (χ1) is 8.08. The Morgan fingerprint density at radius 1 is 1.47 bits per heavy atom. The van der Waals surface area contributed by atoms with Gasteiger partial charge in [0, 0.05) is 34.6 Å². The van der Waals surface area contributed by atoms with Crippen molar-refractivity contribution >= 4 is 34.3 Å². The molecule has 0 bridgehead atoms. The van der Waals surface area contributed by atoms with Gasteiger partial charge < -0.3 is 4.90 Å². The number of piperidine rings is 1. The van der Waals surface area contributed by atoms with E-state index < -0.39 is 0 Å². The molecule has 0 N–H and O–H groups in total. The quantitative estimate of drug-likeness (QED) is 0.734. The molecule has 1 aromatic rings. The minimum atomic E-state index is -0.0320. The van der Waals surface area contributed by atoms with Crippen LogP contribution < -0.4 is 0 Å². The second kappa shape index (κ2) is 5.16. The lowest BCUT2D eigenvalue weighted by atomic mass is 9.98. The van der Waals surface area contributed by atoms with E-state index in [9.17, 15) is 9.59 Å². The largest absolute Gasteiger partial charge is 0.337 e. The van der Waals surface area contributed by atoms with Gasteiger partial charge in [-0.05, 0) is 40.8 Å². The summed E-state index contributed by atoms with van der Waals surface area (Å²) in [6.45, 7) is 2.98. The van der Waals surface area contributed by atoms with Crippen LogP contribution in [0.3, 0.4) is 0 Å². The minimum absolute atomic E-state index is 0.0304. The number of ketones is 1. The number of benzene rings is 1. The van der Waals surface area contributed by atoms with Gasteiger partial charge in [0.15, 0.2) is 0 Å². The number of nitrogens with zero attached hydrogens (tertiary/aromatic N) is 1. The Labute approximate surface area is 114 Å². The molecule has 90 valence electrons. The maximum atomic E-state index is 12.2. The molecule has 1 unspecified atom stereocenters. The summed E-state index contributed by atoms with van der Waals surface area (Å²) in [5, 5.41) is 0. The van der Waals surface area contributed by atoms with Crippen LogP contribution in [0.15, 0.2) is 24.3 Å². The van der Waals surface area contributed by atoms with Gasteiger partial charge in [0.05, 0.1) is 0 Å². The lowest BCUT2D eigenvalue weighted by molar-refractivity contribution is -0.124. The maximum Gasteiger partial charge on any atom is 0.253 e. The van der Waals surface area contributed by atoms with Crippen LogP contribution >= 0.6 is 22.6 Å². The van der Waals surface area contributed by atoms with E-state index in [1.165, 1.54) is 0 Å². The number of Topliss-reactive ketones (excluding diaryl/α,β-unsaturated/α-hetero) is 1. The molecule has 4 heteroatoms. The molecule has 17 heavy (non-hydrogen) atoms. The molecule has 1 amide bonds. The van der Waals surface area contributed by atoms with E-state index in [0.29, 0.717) is 25.1 Å². The van der Waals surface area contributed by atoms with Gasteiger partial charge >= 0.3 is 0 Å². The lowest BCUT2D eigenvalue weighted by Gasteiger charge is -2.30. The van der Waals surface area contributed by atoms with Crippen LogP contribution in [0.4, 0.5) is 0 Å². The molecule has 0 saturated carbocycles. The van der Waals surface area contributed by atoms with Crippen molar-refractivity contribution in [2.24, 2.45) is 5.92 Å². The van der Waals surface area contributed by atoms with E-state index in [2.05, 4.69) is 22.6 Å². The number of carbonyl (C=O) groups is 2. The van der Waals surface area contributed by atoms with Crippen LogP contribution in [-0.4, -0.2) is 29.7 Å². The van der Waals surface area contributed by atoms with E-state index in [1.807, 2.05) is 31.2 Å². The Bertz CT molecular complexity index is 458. The fourth-order valence-electron chi connectivity index (χ4n) is 2.00. The van der Waals surface area contributed by atoms with Gasteiger partial charge in [-0.25, -0.2) is 0 Å². The van der Waals surface area contributed by atoms with Crippen molar-refractivity contribution in [3.05, 3.63) is 33.4 Å². The van der Waals surface area contributed by atoms with Crippen molar-refractivity contribution in [3.63, 3.8) is 0 Å². The monoisotopic (exact) mass is 343 g/mol. The predicted molar refractivity (Wildman–Crippen MR) is 73.9 cm³/mol. The van der Waals surface area contributed by atoms with Gasteiger partial charge in [-0.15, -0.1) is 0 Å². The summed E-state index contributed by atoms with van der Waals surface area (Å²) >= 11 is 2.19. The highest BCUT2D eigenvalue weighted by Crippen LogP contribution is 2.16. The van der Waals surface area contributed by atoms with Gasteiger partial charge in [0.1, 0.15) is 5.78 Å². The van der Waals surface area contributed by atoms with Gasteiger partial charge in [0.2, 0.25) is 0 Å². The Hall–Kier alpha value is -0.910. The van der Waals surface area contributed by atoms with Crippen LogP contribution in [0.2, 0.25) is 0 Å². The number of halogens is 1. The number of amides is 1. The zero-order valence-electron chi connectivity index (χ0n) is 9.65. The highest BCUT2D eigenvalue weighted by Gasteiger charge is 2.27. The van der Waals surface area contributed by atoms with Crippen LogP contribution in [0.25, 0.3) is 0 Å². The van der Waals surface area contributed by atoms with Gasteiger partial charge in [-0.2, -0.15) is 0 Å². The molecule has 1 heterocycles. The number of rotatable bonds is 1. The van der Waals surface area contributed by atoms with Gasteiger partial charge in [-0.1, -0.05) is 13.0 Å². The van der Waals surface area contributed by atoms with Crippen molar-refractivity contribution in [2.75, 3.05) is 13.1 Å². The molecule has 3 nitrogen and oxygen atoms in total. The van der Waals surface area contributed by atoms with Crippen LogP contribution in [-0.2, 0) is 4.79 Å². The molecular weight excluding hydrogens is 329 g/mol. The van der Waals surface area contributed by atoms with E-state index in [4.69, 9.17) is 0 Å².